The van der Waals surface area contributed by atoms with Crippen LogP contribution in [-0.2, 0) is 9.53 Å². The van der Waals surface area contributed by atoms with Gasteiger partial charge in [-0.1, -0.05) is 0 Å². The molecule has 8 heteroatoms. The Morgan fingerprint density at radius 1 is 1.19 bits per heavy atom. The van der Waals surface area contributed by atoms with Crippen molar-refractivity contribution in [3.63, 3.8) is 0 Å². The molecule has 0 spiro atoms. The van der Waals surface area contributed by atoms with Crippen LogP contribution in [0.3, 0.4) is 0 Å². The highest BCUT2D eigenvalue weighted by molar-refractivity contribution is 7.18. The first-order valence-corrected chi connectivity index (χ1v) is 8.52. The highest BCUT2D eigenvalue weighted by atomic mass is 32.1. The summed E-state index contributed by atoms with van der Waals surface area (Å²) in [5.74, 6) is -1.46. The number of ketones is 1. The zero-order chi connectivity index (χ0) is 19.4. The van der Waals surface area contributed by atoms with Crippen molar-refractivity contribution in [3.05, 3.63) is 46.1 Å². The number of thiophene rings is 1. The van der Waals surface area contributed by atoms with Crippen molar-refractivity contribution in [1.82, 2.24) is 0 Å². The van der Waals surface area contributed by atoms with Crippen molar-refractivity contribution in [2.75, 3.05) is 12.4 Å². The summed E-state index contributed by atoms with van der Waals surface area (Å²) in [7, 11) is 1.22. The molecular formula is C18H18FNO5S. The Hall–Kier alpha value is -2.74. The molecule has 0 aliphatic rings. The van der Waals surface area contributed by atoms with Gasteiger partial charge < -0.3 is 14.8 Å². The molecule has 0 radical (unpaired) electrons. The summed E-state index contributed by atoms with van der Waals surface area (Å²) < 4.78 is 23.1. The normalized spacial score (nSPS) is 11.6. The minimum Gasteiger partial charge on any atom is -0.481 e. The maximum atomic E-state index is 12.9. The third-order valence-electron chi connectivity index (χ3n) is 3.59. The van der Waals surface area contributed by atoms with Gasteiger partial charge in [0.15, 0.2) is 11.9 Å². The smallest absolute Gasteiger partial charge is 0.341 e. The van der Waals surface area contributed by atoms with Gasteiger partial charge in [-0.15, -0.1) is 11.3 Å². The largest absolute Gasteiger partial charge is 0.481 e. The van der Waals surface area contributed by atoms with Gasteiger partial charge in [0.1, 0.15) is 16.6 Å². The number of anilines is 1. The van der Waals surface area contributed by atoms with Crippen molar-refractivity contribution in [2.24, 2.45) is 0 Å². The quantitative estimate of drug-likeness (QED) is 0.613. The van der Waals surface area contributed by atoms with Gasteiger partial charge in [0, 0.05) is 0 Å². The number of rotatable bonds is 6. The van der Waals surface area contributed by atoms with E-state index in [4.69, 9.17) is 9.47 Å². The molecule has 1 heterocycles. The van der Waals surface area contributed by atoms with Crippen molar-refractivity contribution >= 4 is 34.0 Å². The summed E-state index contributed by atoms with van der Waals surface area (Å²) in [6.07, 6.45) is -0.908. The molecule has 1 N–H and O–H groups in total. The van der Waals surface area contributed by atoms with Gasteiger partial charge in [-0.3, -0.25) is 9.59 Å². The van der Waals surface area contributed by atoms with E-state index in [2.05, 4.69) is 5.32 Å². The number of carbonyl (C=O) groups excluding carboxylic acids is 3. The zero-order valence-corrected chi connectivity index (χ0v) is 15.5. The molecule has 0 unspecified atom stereocenters. The minimum atomic E-state index is -0.908. The molecule has 0 bridgehead atoms. The Morgan fingerprint density at radius 3 is 2.35 bits per heavy atom. The number of halogens is 1. The lowest BCUT2D eigenvalue weighted by Crippen LogP contribution is -2.30. The van der Waals surface area contributed by atoms with E-state index in [0.29, 0.717) is 16.2 Å². The molecule has 2 aromatic rings. The van der Waals surface area contributed by atoms with Crippen LogP contribution in [0.1, 0.15) is 39.4 Å². The molecule has 0 aliphatic heterocycles. The number of methoxy groups -OCH3 is 1. The maximum Gasteiger partial charge on any atom is 0.341 e. The Balaban J connectivity index is 2.22. The molecule has 1 aromatic carbocycles. The topological polar surface area (TPSA) is 81.7 Å². The predicted molar refractivity (Wildman–Crippen MR) is 95.5 cm³/mol. The molecule has 26 heavy (non-hydrogen) atoms. The van der Waals surface area contributed by atoms with E-state index in [0.717, 1.165) is 11.3 Å². The highest BCUT2D eigenvalue weighted by Crippen LogP contribution is 2.34. The number of carbonyl (C=O) groups is 3. The van der Waals surface area contributed by atoms with Crippen molar-refractivity contribution in [2.45, 2.75) is 26.9 Å². The molecule has 0 saturated heterocycles. The molecule has 0 fully saturated rings. The van der Waals surface area contributed by atoms with Gasteiger partial charge in [0.2, 0.25) is 0 Å². The molecule has 0 aliphatic carbocycles. The lowest BCUT2D eigenvalue weighted by atomic mass is 10.1. The summed E-state index contributed by atoms with van der Waals surface area (Å²) in [4.78, 5) is 36.5. The van der Waals surface area contributed by atoms with Gasteiger partial charge >= 0.3 is 5.97 Å². The average molecular weight is 379 g/mol. The maximum absolute atomic E-state index is 12.9. The Morgan fingerprint density at radius 2 is 1.81 bits per heavy atom. The first kappa shape index (κ1) is 19.6. The third kappa shape index (κ3) is 4.26. The van der Waals surface area contributed by atoms with Gasteiger partial charge in [-0.2, -0.15) is 0 Å². The van der Waals surface area contributed by atoms with E-state index in [1.54, 1.807) is 6.92 Å². The number of nitrogens with one attached hydrogen (secondary N) is 1. The monoisotopic (exact) mass is 379 g/mol. The molecule has 138 valence electrons. The van der Waals surface area contributed by atoms with Crippen molar-refractivity contribution in [1.29, 1.82) is 0 Å². The number of hydrogen-bond acceptors (Lipinski definition) is 6. The summed E-state index contributed by atoms with van der Waals surface area (Å²) in [5.41, 5.74) is 0.599. The van der Waals surface area contributed by atoms with E-state index < -0.39 is 23.8 Å². The van der Waals surface area contributed by atoms with Gasteiger partial charge in [0.25, 0.3) is 5.91 Å². The number of amides is 1. The predicted octanol–water partition coefficient (Wildman–Crippen LogP) is 3.59. The van der Waals surface area contributed by atoms with Crippen LogP contribution in [0.5, 0.6) is 5.75 Å². The van der Waals surface area contributed by atoms with Crippen LogP contribution in [0, 0.1) is 12.7 Å². The highest BCUT2D eigenvalue weighted by Gasteiger charge is 2.26. The molecule has 1 atom stereocenters. The summed E-state index contributed by atoms with van der Waals surface area (Å²) >= 11 is 1.00. The lowest BCUT2D eigenvalue weighted by Gasteiger charge is -2.14. The van der Waals surface area contributed by atoms with Crippen LogP contribution >= 0.6 is 11.3 Å². The number of esters is 1. The first-order chi connectivity index (χ1) is 12.2. The second-order valence-corrected chi connectivity index (χ2v) is 6.53. The Bertz CT molecular complexity index is 844. The fraction of sp³-hybridized carbons (Fsp3) is 0.278. The Labute approximate surface area is 153 Å². The van der Waals surface area contributed by atoms with E-state index in [1.807, 2.05) is 0 Å². The molecule has 1 aromatic heterocycles. The van der Waals surface area contributed by atoms with Crippen LogP contribution < -0.4 is 10.1 Å². The minimum absolute atomic E-state index is 0.144. The summed E-state index contributed by atoms with van der Waals surface area (Å²) in [6, 6.07) is 5.25. The van der Waals surface area contributed by atoms with Crippen molar-refractivity contribution in [3.8, 4) is 5.75 Å². The molecular weight excluding hydrogens is 361 g/mol. The van der Waals surface area contributed by atoms with E-state index >= 15 is 0 Å². The fourth-order valence-corrected chi connectivity index (χ4v) is 3.36. The molecule has 6 nitrogen and oxygen atoms in total. The van der Waals surface area contributed by atoms with Gasteiger partial charge in [-0.05, 0) is 50.6 Å². The fourth-order valence-electron chi connectivity index (χ4n) is 2.27. The number of benzene rings is 1. The van der Waals surface area contributed by atoms with Crippen LogP contribution in [0.4, 0.5) is 9.39 Å². The molecule has 0 saturated carbocycles. The van der Waals surface area contributed by atoms with Crippen molar-refractivity contribution < 1.29 is 28.2 Å². The van der Waals surface area contributed by atoms with Crippen LogP contribution in [0.15, 0.2) is 24.3 Å². The second-order valence-electron chi connectivity index (χ2n) is 5.51. The third-order valence-corrected chi connectivity index (χ3v) is 4.90. The van der Waals surface area contributed by atoms with Crippen LogP contribution in [-0.4, -0.2) is 30.9 Å². The zero-order valence-electron chi connectivity index (χ0n) is 14.7. The summed E-state index contributed by atoms with van der Waals surface area (Å²) in [6.45, 7) is 4.52. The van der Waals surface area contributed by atoms with E-state index in [-0.39, 0.29) is 16.3 Å². The Kier molecular flexibility index (Phi) is 6.10. The average Bonchev–Trinajstić information content (AvgIpc) is 2.92. The second kappa shape index (κ2) is 8.09. The number of ether oxygens (including phenoxy) is 2. The van der Waals surface area contributed by atoms with E-state index in [9.17, 15) is 18.8 Å². The molecule has 1 amide bonds. The van der Waals surface area contributed by atoms with Gasteiger partial charge in [-0.25, -0.2) is 9.18 Å². The standard InChI is InChI=1S/C18H18FNO5S/c1-9-14(18(23)24-4)17(26-15(9)10(2)21)20-16(22)11(3)25-13-7-5-12(19)6-8-13/h5-8,11H,1-4H3,(H,20,22)/t11-/m1/s1. The molecule has 2 rings (SSSR count). The van der Waals surface area contributed by atoms with Gasteiger partial charge in [0.05, 0.1) is 17.6 Å². The van der Waals surface area contributed by atoms with E-state index in [1.165, 1.54) is 45.2 Å². The number of hydrogen-bond donors (Lipinski definition) is 1. The lowest BCUT2D eigenvalue weighted by molar-refractivity contribution is -0.122. The summed E-state index contributed by atoms with van der Waals surface area (Å²) in [5, 5.41) is 2.82. The number of Topliss-reactive ketones (excluding diaryl/α,β-unsaturated/α-hetero) is 1. The SMILES string of the molecule is COC(=O)c1c(NC(=O)[C@@H](C)Oc2ccc(F)cc2)sc(C(C)=O)c1C. The van der Waals surface area contributed by atoms with Crippen LogP contribution in [0.2, 0.25) is 0 Å². The van der Waals surface area contributed by atoms with Crippen LogP contribution in [0.25, 0.3) is 0 Å². The first-order valence-electron chi connectivity index (χ1n) is 7.70.